The van der Waals surface area contributed by atoms with Gasteiger partial charge in [-0.25, -0.2) is 4.39 Å². The van der Waals surface area contributed by atoms with Crippen molar-refractivity contribution in [1.29, 1.82) is 0 Å². The van der Waals surface area contributed by atoms with Crippen molar-refractivity contribution in [1.82, 2.24) is 15.2 Å². The van der Waals surface area contributed by atoms with E-state index in [1.807, 2.05) is 54.6 Å². The molecule has 0 saturated heterocycles. The molecule has 0 spiro atoms. The lowest BCUT2D eigenvalue weighted by atomic mass is 10.0. The van der Waals surface area contributed by atoms with Gasteiger partial charge in [-0.3, -0.25) is 14.6 Å². The van der Waals surface area contributed by atoms with Crippen LogP contribution in [-0.2, 0) is 29.1 Å². The van der Waals surface area contributed by atoms with Gasteiger partial charge in [0.05, 0.1) is 0 Å². The SMILES string of the molecule is O=C(NCc1cccnc1)C(Cc1ccccc1)N(Cc1ccc(F)cc1)C(=O)COc1ccccc1. The van der Waals surface area contributed by atoms with Crippen molar-refractivity contribution in [2.75, 3.05) is 6.61 Å². The predicted molar refractivity (Wildman–Crippen MR) is 139 cm³/mol. The van der Waals surface area contributed by atoms with E-state index in [-0.39, 0.29) is 37.3 Å². The summed E-state index contributed by atoms with van der Waals surface area (Å²) >= 11 is 0. The summed E-state index contributed by atoms with van der Waals surface area (Å²) in [5.74, 6) is -0.476. The average Bonchev–Trinajstić information content (AvgIpc) is 2.95. The highest BCUT2D eigenvalue weighted by Gasteiger charge is 2.30. The summed E-state index contributed by atoms with van der Waals surface area (Å²) in [6.45, 7) is 0.151. The van der Waals surface area contributed by atoms with Gasteiger partial charge in [0.1, 0.15) is 17.6 Å². The molecule has 2 amide bonds. The first-order valence-corrected chi connectivity index (χ1v) is 12.0. The Kier molecular flexibility index (Phi) is 8.97. The highest BCUT2D eigenvalue weighted by molar-refractivity contribution is 5.88. The standard InChI is InChI=1S/C30H28FN3O3/c31-26-15-13-24(14-16-26)21-34(29(35)22-37-27-11-5-2-6-12-27)28(18-23-8-3-1-4-9-23)30(36)33-20-25-10-7-17-32-19-25/h1-17,19,28H,18,20-22H2,(H,33,36). The summed E-state index contributed by atoms with van der Waals surface area (Å²) in [6, 6.07) is 27.3. The molecule has 37 heavy (non-hydrogen) atoms. The lowest BCUT2D eigenvalue weighted by Crippen LogP contribution is -2.51. The highest BCUT2D eigenvalue weighted by Crippen LogP contribution is 2.17. The quantitative estimate of drug-likeness (QED) is 0.330. The molecule has 4 aromatic rings. The summed E-state index contributed by atoms with van der Waals surface area (Å²) in [7, 11) is 0. The minimum atomic E-state index is -0.823. The zero-order valence-corrected chi connectivity index (χ0v) is 20.3. The second-order valence-electron chi connectivity index (χ2n) is 8.53. The normalized spacial score (nSPS) is 11.4. The van der Waals surface area contributed by atoms with Gasteiger partial charge >= 0.3 is 0 Å². The van der Waals surface area contributed by atoms with E-state index in [1.54, 1.807) is 42.7 Å². The van der Waals surface area contributed by atoms with Gasteiger partial charge in [0.2, 0.25) is 5.91 Å². The lowest BCUT2D eigenvalue weighted by molar-refractivity contribution is -0.142. The Morgan fingerprint density at radius 3 is 2.19 bits per heavy atom. The number of ether oxygens (including phenoxy) is 1. The molecule has 1 N–H and O–H groups in total. The number of nitrogens with zero attached hydrogens (tertiary/aromatic N) is 2. The third-order valence-corrected chi connectivity index (χ3v) is 5.83. The van der Waals surface area contributed by atoms with Gasteiger partial charge in [-0.15, -0.1) is 0 Å². The van der Waals surface area contributed by atoms with Crippen molar-refractivity contribution in [2.24, 2.45) is 0 Å². The summed E-state index contributed by atoms with van der Waals surface area (Å²) in [5, 5.41) is 2.95. The molecule has 0 aliphatic rings. The highest BCUT2D eigenvalue weighted by atomic mass is 19.1. The Bertz CT molecular complexity index is 1270. The smallest absolute Gasteiger partial charge is 0.261 e. The first kappa shape index (κ1) is 25.6. The van der Waals surface area contributed by atoms with Crippen LogP contribution in [0.1, 0.15) is 16.7 Å². The largest absolute Gasteiger partial charge is 0.484 e. The van der Waals surface area contributed by atoms with Gasteiger partial charge in [-0.2, -0.15) is 0 Å². The molecule has 0 radical (unpaired) electrons. The summed E-state index contributed by atoms with van der Waals surface area (Å²) in [6.07, 6.45) is 3.65. The van der Waals surface area contributed by atoms with Crippen LogP contribution < -0.4 is 10.1 Å². The van der Waals surface area contributed by atoms with E-state index in [9.17, 15) is 14.0 Å². The molecule has 1 atom stereocenters. The number of aromatic nitrogens is 1. The third-order valence-electron chi connectivity index (χ3n) is 5.83. The molecular formula is C30H28FN3O3. The van der Waals surface area contributed by atoms with Crippen molar-refractivity contribution in [3.05, 3.63) is 132 Å². The van der Waals surface area contributed by atoms with Gasteiger partial charge in [0.25, 0.3) is 5.91 Å². The fourth-order valence-electron chi connectivity index (χ4n) is 3.89. The average molecular weight is 498 g/mol. The molecule has 0 saturated carbocycles. The Hall–Kier alpha value is -4.52. The molecule has 0 fully saturated rings. The van der Waals surface area contributed by atoms with Gasteiger partial charge in [-0.1, -0.05) is 66.7 Å². The van der Waals surface area contributed by atoms with Crippen LogP contribution in [0.3, 0.4) is 0 Å². The fraction of sp³-hybridized carbons (Fsp3) is 0.167. The maximum absolute atomic E-state index is 13.6. The number of carbonyl (C=O) groups excluding carboxylic acids is 2. The van der Waals surface area contributed by atoms with E-state index in [1.165, 1.54) is 17.0 Å². The van der Waals surface area contributed by atoms with Crippen LogP contribution in [0.4, 0.5) is 4.39 Å². The van der Waals surface area contributed by atoms with E-state index in [0.29, 0.717) is 17.7 Å². The maximum atomic E-state index is 13.6. The van der Waals surface area contributed by atoms with Crippen LogP contribution >= 0.6 is 0 Å². The van der Waals surface area contributed by atoms with E-state index < -0.39 is 6.04 Å². The van der Waals surface area contributed by atoms with E-state index in [2.05, 4.69) is 10.3 Å². The van der Waals surface area contributed by atoms with E-state index in [4.69, 9.17) is 4.74 Å². The Labute approximate surface area is 215 Å². The first-order chi connectivity index (χ1) is 18.1. The van der Waals surface area contributed by atoms with Crippen LogP contribution in [0.5, 0.6) is 5.75 Å². The zero-order chi connectivity index (χ0) is 25.9. The van der Waals surface area contributed by atoms with E-state index >= 15 is 0 Å². The fourth-order valence-corrected chi connectivity index (χ4v) is 3.89. The number of carbonyl (C=O) groups is 2. The van der Waals surface area contributed by atoms with Crippen molar-refractivity contribution < 1.29 is 18.7 Å². The molecule has 3 aromatic carbocycles. The minimum Gasteiger partial charge on any atom is -0.484 e. The molecule has 188 valence electrons. The van der Waals surface area contributed by atoms with Crippen LogP contribution in [0.25, 0.3) is 0 Å². The number of benzene rings is 3. The van der Waals surface area contributed by atoms with Gasteiger partial charge in [0, 0.05) is 31.9 Å². The van der Waals surface area contributed by atoms with Crippen molar-refractivity contribution in [3.8, 4) is 5.75 Å². The molecule has 7 heteroatoms. The first-order valence-electron chi connectivity index (χ1n) is 12.0. The number of nitrogens with one attached hydrogen (secondary N) is 1. The molecule has 0 aliphatic carbocycles. The summed E-state index contributed by atoms with van der Waals surface area (Å²) in [4.78, 5) is 32.7. The number of halogens is 1. The van der Waals surface area contributed by atoms with Crippen LogP contribution in [0.15, 0.2) is 109 Å². The summed E-state index contributed by atoms with van der Waals surface area (Å²) in [5.41, 5.74) is 2.45. The molecule has 4 rings (SSSR count). The molecule has 0 bridgehead atoms. The molecule has 1 aromatic heterocycles. The van der Waals surface area contributed by atoms with Crippen molar-refractivity contribution >= 4 is 11.8 Å². The number of rotatable bonds is 11. The van der Waals surface area contributed by atoms with Crippen molar-refractivity contribution in [3.63, 3.8) is 0 Å². The predicted octanol–water partition coefficient (Wildman–Crippen LogP) is 4.56. The van der Waals surface area contributed by atoms with Crippen LogP contribution in [0.2, 0.25) is 0 Å². The maximum Gasteiger partial charge on any atom is 0.261 e. The Morgan fingerprint density at radius 1 is 0.838 bits per heavy atom. The molecule has 6 nitrogen and oxygen atoms in total. The topological polar surface area (TPSA) is 71.5 Å². The second-order valence-corrected chi connectivity index (χ2v) is 8.53. The molecule has 0 aliphatic heterocycles. The number of hydrogen-bond acceptors (Lipinski definition) is 4. The monoisotopic (exact) mass is 497 g/mol. The van der Waals surface area contributed by atoms with Gasteiger partial charge in [0.15, 0.2) is 6.61 Å². The lowest BCUT2D eigenvalue weighted by Gasteiger charge is -2.31. The number of hydrogen-bond donors (Lipinski definition) is 1. The summed E-state index contributed by atoms with van der Waals surface area (Å²) < 4.78 is 19.3. The molecular weight excluding hydrogens is 469 g/mol. The van der Waals surface area contributed by atoms with Crippen LogP contribution in [0, 0.1) is 5.82 Å². The molecule has 1 heterocycles. The number of para-hydroxylation sites is 1. The van der Waals surface area contributed by atoms with Gasteiger partial charge < -0.3 is 15.0 Å². The van der Waals surface area contributed by atoms with Gasteiger partial charge in [-0.05, 0) is 47.0 Å². The minimum absolute atomic E-state index is 0.120. The molecule has 1 unspecified atom stereocenters. The second kappa shape index (κ2) is 13.0. The number of pyridine rings is 1. The van der Waals surface area contributed by atoms with E-state index in [0.717, 1.165) is 11.1 Å². The zero-order valence-electron chi connectivity index (χ0n) is 20.3. The third kappa shape index (κ3) is 7.73. The Balaban J connectivity index is 1.60. The van der Waals surface area contributed by atoms with Crippen LogP contribution in [-0.4, -0.2) is 34.3 Å². The Morgan fingerprint density at radius 2 is 1.51 bits per heavy atom. The number of amides is 2. The van der Waals surface area contributed by atoms with Crippen molar-refractivity contribution in [2.45, 2.75) is 25.6 Å².